The average Bonchev–Trinajstić information content (AvgIpc) is 2.68. The lowest BCUT2D eigenvalue weighted by molar-refractivity contribution is -0.132. The smallest absolute Gasteiger partial charge is 0.226 e. The molecule has 1 heterocycles. The maximum Gasteiger partial charge on any atom is 0.226 e. The zero-order valence-electron chi connectivity index (χ0n) is 15.8. The first-order valence-corrected chi connectivity index (χ1v) is 9.93. The van der Waals surface area contributed by atoms with E-state index in [4.69, 9.17) is 0 Å². The van der Waals surface area contributed by atoms with Crippen LogP contribution in [0.4, 0.5) is 0 Å². The van der Waals surface area contributed by atoms with Crippen LogP contribution < -0.4 is 0 Å². The lowest BCUT2D eigenvalue weighted by Crippen LogP contribution is -2.39. The minimum Gasteiger partial charge on any atom is -0.341 e. The number of rotatable bonds is 6. The monoisotopic (exact) mass is 354 g/mol. The van der Waals surface area contributed by atoms with E-state index < -0.39 is 0 Å². The number of allylic oxidation sites excluding steroid dienone is 2. The quantitative estimate of drug-likeness (QED) is 0.771. The van der Waals surface area contributed by atoms with E-state index in [1.807, 2.05) is 42.3 Å². The number of benzene rings is 1. The fraction of sp³-hybridized carbons (Fsp3) is 0.545. The maximum atomic E-state index is 12.7. The van der Waals surface area contributed by atoms with Crippen LogP contribution in [0.25, 0.3) is 0 Å². The Kier molecular flexibility index (Phi) is 6.48. The lowest BCUT2D eigenvalue weighted by Gasteiger charge is -2.38. The lowest BCUT2D eigenvalue weighted by atomic mass is 9.85. The number of hydrogen-bond donors (Lipinski definition) is 0. The van der Waals surface area contributed by atoms with Crippen LogP contribution in [0.5, 0.6) is 0 Å². The van der Waals surface area contributed by atoms with Crippen molar-refractivity contribution < 1.29 is 9.59 Å². The first-order valence-electron chi connectivity index (χ1n) is 9.93. The molecular formula is C22H30N2O2. The van der Waals surface area contributed by atoms with Crippen molar-refractivity contribution in [2.24, 2.45) is 5.92 Å². The van der Waals surface area contributed by atoms with E-state index in [1.54, 1.807) is 4.90 Å². The zero-order valence-corrected chi connectivity index (χ0v) is 15.8. The van der Waals surface area contributed by atoms with E-state index in [9.17, 15) is 9.59 Å². The molecule has 1 aromatic carbocycles. The van der Waals surface area contributed by atoms with E-state index in [2.05, 4.69) is 6.08 Å². The van der Waals surface area contributed by atoms with Crippen molar-refractivity contribution >= 4 is 11.8 Å². The highest BCUT2D eigenvalue weighted by Crippen LogP contribution is 2.35. The largest absolute Gasteiger partial charge is 0.341 e. The van der Waals surface area contributed by atoms with Gasteiger partial charge < -0.3 is 9.80 Å². The number of hydrogen-bond acceptors (Lipinski definition) is 2. The molecular weight excluding hydrogens is 324 g/mol. The van der Waals surface area contributed by atoms with Crippen molar-refractivity contribution in [1.82, 2.24) is 9.80 Å². The van der Waals surface area contributed by atoms with Gasteiger partial charge in [-0.15, -0.1) is 0 Å². The van der Waals surface area contributed by atoms with Gasteiger partial charge in [-0.25, -0.2) is 0 Å². The Balaban J connectivity index is 1.44. The van der Waals surface area contributed by atoms with E-state index in [0.717, 1.165) is 24.9 Å². The third kappa shape index (κ3) is 4.75. The number of fused-ring (bicyclic) bond motifs is 1. The third-order valence-electron chi connectivity index (χ3n) is 5.55. The van der Waals surface area contributed by atoms with Gasteiger partial charge in [-0.1, -0.05) is 36.4 Å². The molecule has 1 aliphatic carbocycles. The van der Waals surface area contributed by atoms with Crippen molar-refractivity contribution in [2.45, 2.75) is 57.9 Å². The molecule has 0 aromatic heterocycles. The molecule has 1 aromatic rings. The number of carbonyl (C=O) groups is 2. The van der Waals surface area contributed by atoms with Gasteiger partial charge in [0.25, 0.3) is 0 Å². The summed E-state index contributed by atoms with van der Waals surface area (Å²) in [5.41, 5.74) is 2.39. The highest BCUT2D eigenvalue weighted by atomic mass is 16.2. The van der Waals surface area contributed by atoms with Gasteiger partial charge in [-0.2, -0.15) is 0 Å². The zero-order chi connectivity index (χ0) is 18.4. The first kappa shape index (κ1) is 18.7. The minimum atomic E-state index is 0.107. The van der Waals surface area contributed by atoms with Crippen molar-refractivity contribution in [1.29, 1.82) is 0 Å². The fourth-order valence-electron chi connectivity index (χ4n) is 4.11. The Morgan fingerprint density at radius 1 is 1.12 bits per heavy atom. The Hall–Kier alpha value is -2.10. The molecule has 0 spiro atoms. The summed E-state index contributed by atoms with van der Waals surface area (Å²) >= 11 is 0. The molecule has 2 amide bonds. The van der Waals surface area contributed by atoms with E-state index >= 15 is 0 Å². The van der Waals surface area contributed by atoms with Crippen LogP contribution >= 0.6 is 0 Å². The minimum absolute atomic E-state index is 0.107. The van der Waals surface area contributed by atoms with Crippen LogP contribution in [0.3, 0.4) is 0 Å². The molecule has 0 bridgehead atoms. The van der Waals surface area contributed by atoms with Gasteiger partial charge in [0.15, 0.2) is 0 Å². The van der Waals surface area contributed by atoms with E-state index in [-0.39, 0.29) is 11.8 Å². The summed E-state index contributed by atoms with van der Waals surface area (Å²) in [4.78, 5) is 28.7. The van der Waals surface area contributed by atoms with Gasteiger partial charge in [0.2, 0.25) is 11.8 Å². The summed E-state index contributed by atoms with van der Waals surface area (Å²) in [5, 5.41) is 0. The van der Waals surface area contributed by atoms with Gasteiger partial charge in [0, 0.05) is 38.7 Å². The average molecular weight is 354 g/mol. The number of carbonyl (C=O) groups excluding carboxylic acids is 2. The molecule has 1 fully saturated rings. The third-order valence-corrected chi connectivity index (χ3v) is 5.55. The topological polar surface area (TPSA) is 40.6 Å². The predicted octanol–water partition coefficient (Wildman–Crippen LogP) is 4.12. The maximum absolute atomic E-state index is 12.7. The highest BCUT2D eigenvalue weighted by molar-refractivity contribution is 5.80. The predicted molar refractivity (Wildman–Crippen MR) is 103 cm³/mol. The molecule has 4 heteroatoms. The number of amides is 2. The summed E-state index contributed by atoms with van der Waals surface area (Å²) in [6.07, 6.45) is 9.69. The molecule has 0 N–H and O–H groups in total. The highest BCUT2D eigenvalue weighted by Gasteiger charge is 2.29. The number of likely N-dealkylation sites (tertiary alicyclic amines) is 1. The molecule has 3 rings (SSSR count). The van der Waals surface area contributed by atoms with E-state index in [0.29, 0.717) is 31.7 Å². The van der Waals surface area contributed by atoms with Crippen LogP contribution in [0.2, 0.25) is 0 Å². The standard InChI is InChI=1S/C22H30N2O2/c1-23(17-18-9-3-2-4-10-18)21(25)14-7-15-22(26)24-16-8-12-19-11-5-6-13-20(19)24/h2-4,9-10,13,19H,5-8,11-12,14-17H2,1H3. The number of nitrogens with zero attached hydrogens (tertiary/aromatic N) is 2. The summed E-state index contributed by atoms with van der Waals surface area (Å²) in [7, 11) is 1.83. The second-order valence-electron chi connectivity index (χ2n) is 7.53. The number of piperidine rings is 1. The summed E-state index contributed by atoms with van der Waals surface area (Å²) in [6.45, 7) is 1.47. The van der Waals surface area contributed by atoms with Crippen molar-refractivity contribution in [3.05, 3.63) is 47.7 Å². The van der Waals surface area contributed by atoms with Crippen molar-refractivity contribution in [2.75, 3.05) is 13.6 Å². The second kappa shape index (κ2) is 9.02. The SMILES string of the molecule is CN(Cc1ccccc1)C(=O)CCCC(=O)N1CCCC2CCCC=C21. The molecule has 1 aliphatic heterocycles. The Labute approximate surface area is 156 Å². The summed E-state index contributed by atoms with van der Waals surface area (Å²) in [6, 6.07) is 10.00. The Bertz CT molecular complexity index is 653. The normalized spacial score (nSPS) is 19.5. The van der Waals surface area contributed by atoms with Gasteiger partial charge in [-0.3, -0.25) is 9.59 Å². The fourth-order valence-corrected chi connectivity index (χ4v) is 4.11. The van der Waals surface area contributed by atoms with Crippen LogP contribution in [-0.2, 0) is 16.1 Å². The van der Waals surface area contributed by atoms with Gasteiger partial charge in [-0.05, 0) is 50.0 Å². The molecule has 26 heavy (non-hydrogen) atoms. The Morgan fingerprint density at radius 2 is 1.88 bits per heavy atom. The van der Waals surface area contributed by atoms with Gasteiger partial charge >= 0.3 is 0 Å². The molecule has 140 valence electrons. The molecule has 4 nitrogen and oxygen atoms in total. The van der Waals surface area contributed by atoms with Gasteiger partial charge in [0.05, 0.1) is 0 Å². The molecule has 1 atom stereocenters. The summed E-state index contributed by atoms with van der Waals surface area (Å²) < 4.78 is 0. The van der Waals surface area contributed by atoms with Crippen LogP contribution in [-0.4, -0.2) is 35.2 Å². The first-order chi connectivity index (χ1) is 12.6. The summed E-state index contributed by atoms with van der Waals surface area (Å²) in [5.74, 6) is 0.886. The molecule has 0 saturated carbocycles. The second-order valence-corrected chi connectivity index (χ2v) is 7.53. The molecule has 2 aliphatic rings. The van der Waals surface area contributed by atoms with Crippen LogP contribution in [0.1, 0.15) is 56.9 Å². The Morgan fingerprint density at radius 3 is 2.69 bits per heavy atom. The van der Waals surface area contributed by atoms with Crippen molar-refractivity contribution in [3.63, 3.8) is 0 Å². The van der Waals surface area contributed by atoms with Crippen LogP contribution in [0, 0.1) is 5.92 Å². The van der Waals surface area contributed by atoms with Gasteiger partial charge in [0.1, 0.15) is 0 Å². The van der Waals surface area contributed by atoms with E-state index in [1.165, 1.54) is 25.0 Å². The molecule has 0 radical (unpaired) electrons. The van der Waals surface area contributed by atoms with Crippen molar-refractivity contribution in [3.8, 4) is 0 Å². The molecule has 1 saturated heterocycles. The van der Waals surface area contributed by atoms with Crippen LogP contribution in [0.15, 0.2) is 42.1 Å². The molecule has 1 unspecified atom stereocenters.